The molecule has 2 unspecified atom stereocenters. The maximum absolute atomic E-state index is 12.5. The summed E-state index contributed by atoms with van der Waals surface area (Å²) in [6.45, 7) is 7.11. The number of fused-ring (bicyclic) bond motifs is 1. The summed E-state index contributed by atoms with van der Waals surface area (Å²) in [4.78, 5) is 15.0. The van der Waals surface area contributed by atoms with Crippen molar-refractivity contribution in [1.82, 2.24) is 4.90 Å². The molecule has 2 heterocycles. The largest absolute Gasteiger partial charge is 0.380 e. The number of para-hydroxylation sites is 1. The van der Waals surface area contributed by atoms with Gasteiger partial charge in [0.05, 0.1) is 13.2 Å². The predicted molar refractivity (Wildman–Crippen MR) is 98.5 cm³/mol. The Kier molecular flexibility index (Phi) is 4.32. The third-order valence-electron chi connectivity index (χ3n) is 5.43. The molecule has 2 aliphatic rings. The maximum Gasteiger partial charge on any atom is 0.255 e. The lowest BCUT2D eigenvalue weighted by Gasteiger charge is -2.21. The first-order chi connectivity index (χ1) is 12.1. The van der Waals surface area contributed by atoms with Crippen LogP contribution in [-0.4, -0.2) is 37.1 Å². The van der Waals surface area contributed by atoms with Crippen molar-refractivity contribution in [3.8, 4) is 0 Å². The van der Waals surface area contributed by atoms with E-state index < -0.39 is 0 Å². The smallest absolute Gasteiger partial charge is 0.255 e. The first-order valence-corrected chi connectivity index (χ1v) is 8.88. The highest BCUT2D eigenvalue weighted by Crippen LogP contribution is 2.41. The molecule has 2 saturated heterocycles. The monoisotopic (exact) mass is 336 g/mol. The number of amides is 1. The van der Waals surface area contributed by atoms with Gasteiger partial charge < -0.3 is 10.1 Å². The average Bonchev–Trinajstić information content (AvgIpc) is 3.10. The van der Waals surface area contributed by atoms with Crippen LogP contribution in [0.4, 0.5) is 5.69 Å². The maximum atomic E-state index is 12.5. The average molecular weight is 336 g/mol. The van der Waals surface area contributed by atoms with Gasteiger partial charge in [0.25, 0.3) is 5.91 Å². The van der Waals surface area contributed by atoms with Gasteiger partial charge in [0.1, 0.15) is 0 Å². The van der Waals surface area contributed by atoms with E-state index in [2.05, 4.69) is 23.2 Å². The van der Waals surface area contributed by atoms with E-state index in [1.165, 1.54) is 5.56 Å². The summed E-state index contributed by atoms with van der Waals surface area (Å²) >= 11 is 0. The molecular formula is C21H24N2O2. The fourth-order valence-electron chi connectivity index (χ4n) is 4.00. The third kappa shape index (κ3) is 3.46. The normalized spacial score (nSPS) is 25.7. The molecule has 0 aliphatic carbocycles. The first kappa shape index (κ1) is 16.3. The Bertz CT molecular complexity index is 762. The number of hydrogen-bond donors (Lipinski definition) is 1. The van der Waals surface area contributed by atoms with Gasteiger partial charge in [-0.25, -0.2) is 0 Å². The van der Waals surface area contributed by atoms with E-state index in [1.807, 2.05) is 48.5 Å². The molecule has 2 atom stereocenters. The number of nitrogens with one attached hydrogen (secondary N) is 1. The summed E-state index contributed by atoms with van der Waals surface area (Å²) in [5.74, 6) is 0.573. The number of ether oxygens (including phenoxy) is 1. The number of anilines is 1. The lowest BCUT2D eigenvalue weighted by atomic mass is 9.83. The Labute approximate surface area is 148 Å². The van der Waals surface area contributed by atoms with Crippen LogP contribution in [0, 0.1) is 11.3 Å². The van der Waals surface area contributed by atoms with Gasteiger partial charge in [-0.3, -0.25) is 9.69 Å². The molecule has 0 radical (unpaired) electrons. The molecule has 0 spiro atoms. The van der Waals surface area contributed by atoms with E-state index >= 15 is 0 Å². The second-order valence-electron chi connectivity index (χ2n) is 7.56. The minimum absolute atomic E-state index is 0.0632. The molecule has 1 N–H and O–H groups in total. The van der Waals surface area contributed by atoms with Gasteiger partial charge in [-0.2, -0.15) is 0 Å². The summed E-state index contributed by atoms with van der Waals surface area (Å²) < 4.78 is 5.64. The third-order valence-corrected chi connectivity index (χ3v) is 5.43. The molecule has 1 amide bonds. The molecule has 130 valence electrons. The van der Waals surface area contributed by atoms with Gasteiger partial charge in [-0.05, 0) is 29.8 Å². The highest BCUT2D eigenvalue weighted by Gasteiger charge is 2.46. The minimum atomic E-state index is -0.0632. The zero-order valence-electron chi connectivity index (χ0n) is 14.6. The number of nitrogens with zero attached hydrogens (tertiary/aromatic N) is 1. The number of rotatable bonds is 4. The van der Waals surface area contributed by atoms with Crippen LogP contribution in [0.2, 0.25) is 0 Å². The minimum Gasteiger partial charge on any atom is -0.380 e. The number of carbonyl (C=O) groups is 1. The zero-order chi connectivity index (χ0) is 17.3. The van der Waals surface area contributed by atoms with Crippen LogP contribution in [0.25, 0.3) is 0 Å². The highest BCUT2D eigenvalue weighted by atomic mass is 16.5. The van der Waals surface area contributed by atoms with Crippen molar-refractivity contribution in [3.05, 3.63) is 65.7 Å². The lowest BCUT2D eigenvalue weighted by Crippen LogP contribution is -2.27. The summed E-state index contributed by atoms with van der Waals surface area (Å²) in [5, 5.41) is 2.95. The van der Waals surface area contributed by atoms with E-state index in [4.69, 9.17) is 4.74 Å². The molecule has 0 aromatic heterocycles. The lowest BCUT2D eigenvalue weighted by molar-refractivity contribution is 0.102. The highest BCUT2D eigenvalue weighted by molar-refractivity contribution is 6.04. The van der Waals surface area contributed by atoms with E-state index in [0.29, 0.717) is 16.9 Å². The Balaban J connectivity index is 1.42. The second-order valence-corrected chi connectivity index (χ2v) is 7.56. The molecule has 2 fully saturated rings. The molecule has 0 bridgehead atoms. The van der Waals surface area contributed by atoms with Crippen molar-refractivity contribution in [2.24, 2.45) is 11.3 Å². The molecule has 25 heavy (non-hydrogen) atoms. The molecule has 2 aliphatic heterocycles. The van der Waals surface area contributed by atoms with Crippen LogP contribution in [-0.2, 0) is 11.3 Å². The summed E-state index contributed by atoms with van der Waals surface area (Å²) in [7, 11) is 0. The van der Waals surface area contributed by atoms with Crippen LogP contribution >= 0.6 is 0 Å². The standard InChI is InChI=1S/C21H24N2O2/c1-21-14-23(12-18(21)13-25-15-21)11-16-6-5-7-17(10-16)20(24)22-19-8-3-2-4-9-19/h2-10,18H,11-15H2,1H3,(H,22,24). The van der Waals surface area contributed by atoms with Gasteiger partial charge in [-0.15, -0.1) is 0 Å². The Morgan fingerprint density at radius 3 is 2.88 bits per heavy atom. The molecule has 4 nitrogen and oxygen atoms in total. The van der Waals surface area contributed by atoms with Crippen LogP contribution in [0.15, 0.2) is 54.6 Å². The van der Waals surface area contributed by atoms with Crippen molar-refractivity contribution in [3.63, 3.8) is 0 Å². The van der Waals surface area contributed by atoms with Crippen molar-refractivity contribution >= 4 is 11.6 Å². The zero-order valence-corrected chi connectivity index (χ0v) is 14.6. The van der Waals surface area contributed by atoms with Crippen LogP contribution < -0.4 is 5.32 Å². The molecular weight excluding hydrogens is 312 g/mol. The molecule has 0 saturated carbocycles. The van der Waals surface area contributed by atoms with E-state index in [1.54, 1.807) is 0 Å². The van der Waals surface area contributed by atoms with Crippen molar-refractivity contribution in [1.29, 1.82) is 0 Å². The topological polar surface area (TPSA) is 41.6 Å². The molecule has 2 aromatic rings. The summed E-state index contributed by atoms with van der Waals surface area (Å²) in [6.07, 6.45) is 0. The first-order valence-electron chi connectivity index (χ1n) is 8.88. The summed E-state index contributed by atoms with van der Waals surface area (Å²) in [6, 6.07) is 17.5. The van der Waals surface area contributed by atoms with Gasteiger partial charge in [0.2, 0.25) is 0 Å². The van der Waals surface area contributed by atoms with Crippen LogP contribution in [0.1, 0.15) is 22.8 Å². The van der Waals surface area contributed by atoms with E-state index in [-0.39, 0.29) is 5.91 Å². The quantitative estimate of drug-likeness (QED) is 0.930. The predicted octanol–water partition coefficient (Wildman–Crippen LogP) is 3.41. The molecule has 2 aromatic carbocycles. The molecule has 4 rings (SSSR count). The Morgan fingerprint density at radius 1 is 1.24 bits per heavy atom. The van der Waals surface area contributed by atoms with E-state index in [0.717, 1.165) is 38.5 Å². The van der Waals surface area contributed by atoms with Crippen LogP contribution in [0.5, 0.6) is 0 Å². The fourth-order valence-corrected chi connectivity index (χ4v) is 4.00. The van der Waals surface area contributed by atoms with Gasteiger partial charge in [0.15, 0.2) is 0 Å². The SMILES string of the molecule is CC12COCC1CN(Cc1cccc(C(=O)Nc3ccccc3)c1)C2. The number of benzene rings is 2. The fraction of sp³-hybridized carbons (Fsp3) is 0.381. The van der Waals surface area contributed by atoms with Gasteiger partial charge in [0, 0.05) is 42.2 Å². The number of carbonyl (C=O) groups excluding carboxylic acids is 1. The summed E-state index contributed by atoms with van der Waals surface area (Å²) in [5.41, 5.74) is 3.00. The van der Waals surface area contributed by atoms with Gasteiger partial charge in [-0.1, -0.05) is 37.3 Å². The van der Waals surface area contributed by atoms with Crippen LogP contribution in [0.3, 0.4) is 0 Å². The van der Waals surface area contributed by atoms with Crippen molar-refractivity contribution < 1.29 is 9.53 Å². The van der Waals surface area contributed by atoms with Crippen molar-refractivity contribution in [2.45, 2.75) is 13.5 Å². The van der Waals surface area contributed by atoms with Gasteiger partial charge >= 0.3 is 0 Å². The Hall–Kier alpha value is -2.17. The van der Waals surface area contributed by atoms with E-state index in [9.17, 15) is 4.79 Å². The number of likely N-dealkylation sites (tertiary alicyclic amines) is 1. The Morgan fingerprint density at radius 2 is 2.08 bits per heavy atom. The number of hydrogen-bond acceptors (Lipinski definition) is 3. The molecule has 4 heteroatoms. The van der Waals surface area contributed by atoms with Crippen molar-refractivity contribution in [2.75, 3.05) is 31.6 Å². The second kappa shape index (κ2) is 6.62.